The van der Waals surface area contributed by atoms with Crippen LogP contribution >= 0.6 is 0 Å². The van der Waals surface area contributed by atoms with Gasteiger partial charge in [-0.1, -0.05) is 0 Å². The van der Waals surface area contributed by atoms with Crippen molar-refractivity contribution in [2.45, 2.75) is 52.4 Å². The van der Waals surface area contributed by atoms with Crippen molar-refractivity contribution in [3.8, 4) is 0 Å². The molecular weight excluding hydrogens is 240 g/mol. The van der Waals surface area contributed by atoms with Crippen LogP contribution in [0.4, 0.5) is 0 Å². The lowest BCUT2D eigenvalue weighted by atomic mass is 9.84. The molecule has 0 aliphatic carbocycles. The van der Waals surface area contributed by atoms with Crippen LogP contribution in [0.25, 0.3) is 0 Å². The zero-order valence-electron chi connectivity index (χ0n) is 12.1. The number of aryl methyl sites for hydroxylation is 1. The van der Waals surface area contributed by atoms with Gasteiger partial charge in [-0.15, -0.1) is 0 Å². The molecule has 0 amide bonds. The smallest absolute Gasteiger partial charge is 0.149 e. The Balaban J connectivity index is 2.08. The Morgan fingerprint density at radius 3 is 2.47 bits per heavy atom. The highest BCUT2D eigenvalue weighted by Crippen LogP contribution is 2.45. The lowest BCUT2D eigenvalue weighted by molar-refractivity contribution is -0.0995. The fourth-order valence-corrected chi connectivity index (χ4v) is 2.94. The molecule has 3 rings (SSSR count). The molecule has 3 atom stereocenters. The number of hydrogen-bond donors (Lipinski definition) is 0. The number of rotatable bonds is 1. The second-order valence-corrected chi connectivity index (χ2v) is 5.65. The standard InChI is InChI=1S/C16H20O3/c1-9-6-7-14(17-9)16(5)12(4)11(3)15-13(19-16)8-10(2)18-15/h6-8,13,15H,1-5H3. The molecule has 0 saturated heterocycles. The van der Waals surface area contributed by atoms with E-state index in [0.29, 0.717) is 0 Å². The number of ether oxygens (including phenoxy) is 2. The molecule has 1 aromatic heterocycles. The Kier molecular flexibility index (Phi) is 2.65. The molecule has 0 spiro atoms. The minimum absolute atomic E-state index is 0.0177. The lowest BCUT2D eigenvalue weighted by Crippen LogP contribution is -2.43. The summed E-state index contributed by atoms with van der Waals surface area (Å²) in [5.74, 6) is 2.70. The van der Waals surface area contributed by atoms with E-state index in [1.807, 2.05) is 26.0 Å². The minimum Gasteiger partial charge on any atom is -0.488 e. The van der Waals surface area contributed by atoms with Crippen molar-refractivity contribution in [1.82, 2.24) is 0 Å². The van der Waals surface area contributed by atoms with E-state index in [-0.39, 0.29) is 12.2 Å². The maximum absolute atomic E-state index is 6.30. The van der Waals surface area contributed by atoms with Gasteiger partial charge in [-0.3, -0.25) is 0 Å². The highest BCUT2D eigenvalue weighted by molar-refractivity contribution is 5.36. The van der Waals surface area contributed by atoms with Crippen molar-refractivity contribution in [3.05, 3.63) is 46.6 Å². The largest absolute Gasteiger partial charge is 0.488 e. The van der Waals surface area contributed by atoms with Gasteiger partial charge < -0.3 is 13.9 Å². The Bertz CT molecular complexity index is 579. The van der Waals surface area contributed by atoms with Gasteiger partial charge in [0.05, 0.1) is 5.76 Å². The van der Waals surface area contributed by atoms with Crippen LogP contribution in [0.15, 0.2) is 39.5 Å². The summed E-state index contributed by atoms with van der Waals surface area (Å²) in [6.45, 7) is 10.2. The lowest BCUT2D eigenvalue weighted by Gasteiger charge is -2.40. The van der Waals surface area contributed by atoms with Gasteiger partial charge in [0.25, 0.3) is 0 Å². The van der Waals surface area contributed by atoms with Crippen molar-refractivity contribution in [2.75, 3.05) is 0 Å². The van der Waals surface area contributed by atoms with Gasteiger partial charge in [0.2, 0.25) is 0 Å². The molecule has 3 heteroatoms. The van der Waals surface area contributed by atoms with E-state index in [0.717, 1.165) is 17.3 Å². The number of hydrogen-bond acceptors (Lipinski definition) is 3. The van der Waals surface area contributed by atoms with Gasteiger partial charge in [-0.2, -0.15) is 0 Å². The van der Waals surface area contributed by atoms with Gasteiger partial charge in [-0.05, 0) is 64.0 Å². The van der Waals surface area contributed by atoms with E-state index < -0.39 is 5.60 Å². The van der Waals surface area contributed by atoms with E-state index >= 15 is 0 Å². The summed E-state index contributed by atoms with van der Waals surface area (Å²) in [7, 11) is 0. The predicted molar refractivity (Wildman–Crippen MR) is 72.7 cm³/mol. The average molecular weight is 260 g/mol. The summed E-state index contributed by atoms with van der Waals surface area (Å²) in [5.41, 5.74) is 1.90. The quantitative estimate of drug-likeness (QED) is 0.719. The molecule has 2 aliphatic rings. The molecule has 2 aliphatic heterocycles. The molecule has 0 fully saturated rings. The topological polar surface area (TPSA) is 31.6 Å². The highest BCUT2D eigenvalue weighted by Gasteiger charge is 2.46. The van der Waals surface area contributed by atoms with E-state index in [4.69, 9.17) is 13.9 Å². The Labute approximate surface area is 113 Å². The molecule has 3 unspecified atom stereocenters. The third-order valence-electron chi connectivity index (χ3n) is 4.33. The summed E-state index contributed by atoms with van der Waals surface area (Å²) >= 11 is 0. The molecular formula is C16H20O3. The highest BCUT2D eigenvalue weighted by atomic mass is 16.6. The Morgan fingerprint density at radius 2 is 1.84 bits per heavy atom. The van der Waals surface area contributed by atoms with Crippen LogP contribution in [0.2, 0.25) is 0 Å². The predicted octanol–water partition coefficient (Wildman–Crippen LogP) is 3.84. The van der Waals surface area contributed by atoms with Crippen LogP contribution in [0.5, 0.6) is 0 Å². The van der Waals surface area contributed by atoms with Crippen LogP contribution in [0.1, 0.15) is 39.2 Å². The second kappa shape index (κ2) is 4.01. The molecule has 19 heavy (non-hydrogen) atoms. The van der Waals surface area contributed by atoms with Crippen molar-refractivity contribution in [1.29, 1.82) is 0 Å². The number of fused-ring (bicyclic) bond motifs is 1. The summed E-state index contributed by atoms with van der Waals surface area (Å²) in [6.07, 6.45) is 2.04. The molecule has 0 radical (unpaired) electrons. The average Bonchev–Trinajstić information content (AvgIpc) is 2.93. The maximum atomic E-state index is 6.30. The Hall–Kier alpha value is -1.48. The molecule has 1 aromatic rings. The SMILES string of the molecule is CC1=CC2OC(C)(c3ccc(C)o3)C(C)=C(C)C2O1. The minimum atomic E-state index is -0.510. The molecule has 0 saturated carbocycles. The van der Waals surface area contributed by atoms with Crippen molar-refractivity contribution in [3.63, 3.8) is 0 Å². The Morgan fingerprint density at radius 1 is 1.11 bits per heavy atom. The van der Waals surface area contributed by atoms with Crippen LogP contribution in [0.3, 0.4) is 0 Å². The fourth-order valence-electron chi connectivity index (χ4n) is 2.94. The first-order valence-electron chi connectivity index (χ1n) is 6.69. The molecule has 102 valence electrons. The number of allylic oxidation sites excluding steroid dienone is 1. The van der Waals surface area contributed by atoms with Crippen LogP contribution in [-0.4, -0.2) is 12.2 Å². The van der Waals surface area contributed by atoms with Gasteiger partial charge in [0.1, 0.15) is 29.3 Å². The van der Waals surface area contributed by atoms with E-state index in [2.05, 4.69) is 26.8 Å². The molecule has 3 heterocycles. The van der Waals surface area contributed by atoms with Gasteiger partial charge >= 0.3 is 0 Å². The molecule has 3 nitrogen and oxygen atoms in total. The zero-order valence-corrected chi connectivity index (χ0v) is 12.1. The van der Waals surface area contributed by atoms with Crippen molar-refractivity contribution < 1.29 is 13.9 Å². The third kappa shape index (κ3) is 1.76. The monoisotopic (exact) mass is 260 g/mol. The molecule has 0 aromatic carbocycles. The van der Waals surface area contributed by atoms with Gasteiger partial charge in [0.15, 0.2) is 0 Å². The van der Waals surface area contributed by atoms with Crippen molar-refractivity contribution in [2.24, 2.45) is 0 Å². The third-order valence-corrected chi connectivity index (χ3v) is 4.33. The first-order chi connectivity index (χ1) is 8.91. The van der Waals surface area contributed by atoms with Gasteiger partial charge in [0, 0.05) is 0 Å². The summed E-state index contributed by atoms with van der Waals surface area (Å²) in [6, 6.07) is 3.98. The first kappa shape index (κ1) is 12.5. The fraction of sp³-hybridized carbons (Fsp3) is 0.500. The summed E-state index contributed by atoms with van der Waals surface area (Å²) in [5, 5.41) is 0. The zero-order chi connectivity index (χ0) is 13.8. The van der Waals surface area contributed by atoms with Crippen LogP contribution in [0, 0.1) is 6.92 Å². The van der Waals surface area contributed by atoms with E-state index in [9.17, 15) is 0 Å². The van der Waals surface area contributed by atoms with E-state index in [1.54, 1.807) is 0 Å². The normalized spacial score (nSPS) is 34.1. The summed E-state index contributed by atoms with van der Waals surface area (Å²) < 4.78 is 17.9. The van der Waals surface area contributed by atoms with Crippen molar-refractivity contribution >= 4 is 0 Å². The van der Waals surface area contributed by atoms with Crippen LogP contribution in [-0.2, 0) is 15.1 Å². The van der Waals surface area contributed by atoms with E-state index in [1.165, 1.54) is 11.1 Å². The molecule has 0 bridgehead atoms. The maximum Gasteiger partial charge on any atom is 0.149 e. The van der Waals surface area contributed by atoms with Crippen LogP contribution < -0.4 is 0 Å². The van der Waals surface area contributed by atoms with Gasteiger partial charge in [-0.25, -0.2) is 0 Å². The molecule has 0 N–H and O–H groups in total. The first-order valence-corrected chi connectivity index (χ1v) is 6.69. The number of furan rings is 1. The summed E-state index contributed by atoms with van der Waals surface area (Å²) in [4.78, 5) is 0. The second-order valence-electron chi connectivity index (χ2n) is 5.65.